The van der Waals surface area contributed by atoms with Gasteiger partial charge in [-0.1, -0.05) is 25.0 Å². The Morgan fingerprint density at radius 2 is 1.70 bits per heavy atom. The molecule has 0 aliphatic heterocycles. The maximum Gasteiger partial charge on any atom is 0.392 e. The number of hydrogen-bond acceptors (Lipinski definition) is 1. The average molecular weight is 289 g/mol. The number of alkyl halides is 3. The summed E-state index contributed by atoms with van der Waals surface area (Å²) < 4.78 is 51.9. The molecule has 1 aromatic rings. The Kier molecular flexibility index (Phi) is 4.68. The van der Waals surface area contributed by atoms with Gasteiger partial charge < -0.3 is 5.73 Å². The van der Waals surface area contributed by atoms with Crippen molar-refractivity contribution in [2.75, 3.05) is 0 Å². The molecule has 3 atom stereocenters. The molecule has 0 radical (unpaired) electrons. The molecule has 0 amide bonds. The number of rotatable bonds is 3. The minimum Gasteiger partial charge on any atom is -0.327 e. The lowest BCUT2D eigenvalue weighted by Gasteiger charge is -2.36. The fourth-order valence-corrected chi connectivity index (χ4v) is 3.12. The van der Waals surface area contributed by atoms with Gasteiger partial charge in [0.1, 0.15) is 5.82 Å². The van der Waals surface area contributed by atoms with Gasteiger partial charge in [-0.2, -0.15) is 13.2 Å². The van der Waals surface area contributed by atoms with Gasteiger partial charge in [0.25, 0.3) is 0 Å². The van der Waals surface area contributed by atoms with Crippen LogP contribution in [0, 0.1) is 17.7 Å². The Bertz CT molecular complexity index is 426. The highest BCUT2D eigenvalue weighted by Crippen LogP contribution is 2.42. The third-order valence-electron chi connectivity index (χ3n) is 4.17. The van der Waals surface area contributed by atoms with Crippen molar-refractivity contribution in [3.05, 3.63) is 35.6 Å². The monoisotopic (exact) mass is 289 g/mol. The minimum absolute atomic E-state index is 0.172. The number of benzene rings is 1. The molecule has 1 aliphatic carbocycles. The maximum absolute atomic E-state index is 13.0. The van der Waals surface area contributed by atoms with Crippen LogP contribution in [0.1, 0.15) is 31.2 Å². The summed E-state index contributed by atoms with van der Waals surface area (Å²) in [5.41, 5.74) is 6.79. The second kappa shape index (κ2) is 6.12. The molecule has 0 bridgehead atoms. The van der Waals surface area contributed by atoms with E-state index in [2.05, 4.69) is 0 Å². The van der Waals surface area contributed by atoms with E-state index in [1.165, 1.54) is 12.1 Å². The normalized spacial score (nSPS) is 25.4. The fraction of sp³-hybridized carbons (Fsp3) is 0.600. The highest BCUT2D eigenvalue weighted by Gasteiger charge is 2.47. The Labute approximate surface area is 116 Å². The Balaban J connectivity index is 2.06. The Hall–Kier alpha value is -1.10. The first-order valence-electron chi connectivity index (χ1n) is 6.94. The van der Waals surface area contributed by atoms with E-state index in [9.17, 15) is 17.6 Å². The second-order valence-corrected chi connectivity index (χ2v) is 5.59. The lowest BCUT2D eigenvalue weighted by atomic mass is 9.73. The van der Waals surface area contributed by atoms with E-state index >= 15 is 0 Å². The van der Waals surface area contributed by atoms with Crippen molar-refractivity contribution in [3.63, 3.8) is 0 Å². The van der Waals surface area contributed by atoms with Crippen LogP contribution in [0.15, 0.2) is 24.3 Å². The standard InChI is InChI=1S/C15H19F4N/c16-11-7-5-10(6-8-11)9-14(20)12-3-1-2-4-13(12)15(17,18)19/h5-8,12-14H,1-4,9,20H2. The topological polar surface area (TPSA) is 26.0 Å². The van der Waals surface area contributed by atoms with Crippen molar-refractivity contribution in [2.45, 2.75) is 44.3 Å². The largest absolute Gasteiger partial charge is 0.392 e. The van der Waals surface area contributed by atoms with Crippen molar-refractivity contribution in [1.82, 2.24) is 0 Å². The minimum atomic E-state index is -4.18. The second-order valence-electron chi connectivity index (χ2n) is 5.59. The highest BCUT2D eigenvalue weighted by atomic mass is 19.4. The average Bonchev–Trinajstić information content (AvgIpc) is 2.40. The van der Waals surface area contributed by atoms with E-state index in [1.54, 1.807) is 12.1 Å². The lowest BCUT2D eigenvalue weighted by Crippen LogP contribution is -2.44. The predicted octanol–water partition coefficient (Wildman–Crippen LogP) is 4.06. The van der Waals surface area contributed by atoms with Gasteiger partial charge in [0.15, 0.2) is 0 Å². The maximum atomic E-state index is 13.0. The smallest absolute Gasteiger partial charge is 0.327 e. The molecule has 1 aliphatic rings. The number of hydrogen-bond donors (Lipinski definition) is 1. The van der Waals surface area contributed by atoms with Crippen LogP contribution in [0.4, 0.5) is 17.6 Å². The van der Waals surface area contributed by atoms with E-state index < -0.39 is 24.1 Å². The van der Waals surface area contributed by atoms with Crippen LogP contribution >= 0.6 is 0 Å². The van der Waals surface area contributed by atoms with Crippen molar-refractivity contribution >= 4 is 0 Å². The fourth-order valence-electron chi connectivity index (χ4n) is 3.12. The summed E-state index contributed by atoms with van der Waals surface area (Å²) in [5.74, 6) is -2.19. The van der Waals surface area contributed by atoms with E-state index in [0.29, 0.717) is 19.3 Å². The van der Waals surface area contributed by atoms with Gasteiger partial charge in [-0.15, -0.1) is 0 Å². The van der Waals surface area contributed by atoms with Gasteiger partial charge in [-0.25, -0.2) is 4.39 Å². The zero-order valence-corrected chi connectivity index (χ0v) is 11.2. The molecule has 0 saturated heterocycles. The van der Waals surface area contributed by atoms with Gasteiger partial charge in [0.2, 0.25) is 0 Å². The van der Waals surface area contributed by atoms with Crippen LogP contribution in [0.2, 0.25) is 0 Å². The van der Waals surface area contributed by atoms with E-state index in [1.807, 2.05) is 0 Å². The predicted molar refractivity (Wildman–Crippen MR) is 69.6 cm³/mol. The number of nitrogens with two attached hydrogens (primary N) is 1. The number of halogens is 4. The molecule has 0 aromatic heterocycles. The van der Waals surface area contributed by atoms with E-state index in [4.69, 9.17) is 5.73 Å². The molecular weight excluding hydrogens is 270 g/mol. The quantitative estimate of drug-likeness (QED) is 0.834. The zero-order valence-electron chi connectivity index (χ0n) is 11.2. The van der Waals surface area contributed by atoms with Crippen molar-refractivity contribution in [3.8, 4) is 0 Å². The first-order chi connectivity index (χ1) is 9.38. The molecule has 5 heteroatoms. The van der Waals surface area contributed by atoms with Crippen LogP contribution < -0.4 is 5.73 Å². The summed E-state index contributed by atoms with van der Waals surface area (Å²) in [7, 11) is 0. The van der Waals surface area contributed by atoms with Crippen molar-refractivity contribution < 1.29 is 17.6 Å². The Morgan fingerprint density at radius 3 is 2.30 bits per heavy atom. The molecule has 1 aromatic carbocycles. The molecule has 1 saturated carbocycles. The van der Waals surface area contributed by atoms with Gasteiger partial charge in [-0.3, -0.25) is 0 Å². The summed E-state index contributed by atoms with van der Waals surface area (Å²) in [4.78, 5) is 0. The molecule has 1 fully saturated rings. The van der Waals surface area contributed by atoms with Crippen LogP contribution in [0.5, 0.6) is 0 Å². The summed E-state index contributed by atoms with van der Waals surface area (Å²) in [6, 6.07) is 5.25. The zero-order chi connectivity index (χ0) is 14.8. The third kappa shape index (κ3) is 3.72. The van der Waals surface area contributed by atoms with Gasteiger partial charge in [0, 0.05) is 6.04 Å². The molecule has 112 valence electrons. The van der Waals surface area contributed by atoms with Crippen molar-refractivity contribution in [2.24, 2.45) is 17.6 Å². The molecule has 2 N–H and O–H groups in total. The third-order valence-corrected chi connectivity index (χ3v) is 4.17. The summed E-state index contributed by atoms with van der Waals surface area (Å²) in [6.07, 6.45) is -1.71. The lowest BCUT2D eigenvalue weighted by molar-refractivity contribution is -0.198. The Morgan fingerprint density at radius 1 is 1.10 bits per heavy atom. The first kappa shape index (κ1) is 15.3. The molecule has 0 spiro atoms. The van der Waals surface area contributed by atoms with Crippen LogP contribution in [0.3, 0.4) is 0 Å². The SMILES string of the molecule is NC(Cc1ccc(F)cc1)C1CCCCC1C(F)(F)F. The van der Waals surface area contributed by atoms with Crippen molar-refractivity contribution in [1.29, 1.82) is 0 Å². The molecule has 20 heavy (non-hydrogen) atoms. The molecular formula is C15H19F4N. The molecule has 0 heterocycles. The van der Waals surface area contributed by atoms with Crippen LogP contribution in [-0.2, 0) is 6.42 Å². The van der Waals surface area contributed by atoms with Crippen LogP contribution in [-0.4, -0.2) is 12.2 Å². The summed E-state index contributed by atoms with van der Waals surface area (Å²) in [6.45, 7) is 0. The van der Waals surface area contributed by atoms with Crippen LogP contribution in [0.25, 0.3) is 0 Å². The van der Waals surface area contributed by atoms with E-state index in [-0.39, 0.29) is 12.2 Å². The van der Waals surface area contributed by atoms with E-state index in [0.717, 1.165) is 12.0 Å². The summed E-state index contributed by atoms with van der Waals surface area (Å²) in [5, 5.41) is 0. The molecule has 2 rings (SSSR count). The molecule has 3 unspecified atom stereocenters. The van der Waals surface area contributed by atoms with Gasteiger partial charge in [0.05, 0.1) is 5.92 Å². The highest BCUT2D eigenvalue weighted by molar-refractivity contribution is 5.17. The molecule has 1 nitrogen and oxygen atoms in total. The summed E-state index contributed by atoms with van der Waals surface area (Å²) >= 11 is 0. The first-order valence-corrected chi connectivity index (χ1v) is 6.94. The van der Waals surface area contributed by atoms with Gasteiger partial charge >= 0.3 is 6.18 Å². The van der Waals surface area contributed by atoms with Gasteiger partial charge in [-0.05, 0) is 42.9 Å².